The number of aryl methyl sites for hydroxylation is 1. The van der Waals surface area contributed by atoms with Crippen LogP contribution in [0.2, 0.25) is 0 Å². The van der Waals surface area contributed by atoms with Gasteiger partial charge in [0.1, 0.15) is 27.0 Å². The van der Waals surface area contributed by atoms with Crippen molar-refractivity contribution in [2.24, 2.45) is 0 Å². The van der Waals surface area contributed by atoms with Gasteiger partial charge < -0.3 is 9.64 Å². The van der Waals surface area contributed by atoms with Crippen LogP contribution in [0.3, 0.4) is 0 Å². The largest absolute Gasteiger partial charge is 0.378 e. The fourth-order valence-corrected chi connectivity index (χ4v) is 3.61. The van der Waals surface area contributed by atoms with Gasteiger partial charge in [-0.1, -0.05) is 11.3 Å². The molecule has 0 bridgehead atoms. The van der Waals surface area contributed by atoms with Crippen LogP contribution in [0, 0.1) is 12.7 Å². The van der Waals surface area contributed by atoms with E-state index in [1.165, 1.54) is 23.5 Å². The Balaban J connectivity index is 1.82. The van der Waals surface area contributed by atoms with E-state index in [0.717, 1.165) is 45.6 Å². The number of morpholine rings is 1. The Morgan fingerprint density at radius 2 is 1.83 bits per heavy atom. The van der Waals surface area contributed by atoms with Crippen LogP contribution in [0.1, 0.15) is 5.82 Å². The average Bonchev–Trinajstić information content (AvgIpc) is 2.99. The highest BCUT2D eigenvalue weighted by molar-refractivity contribution is 7.21. The number of thiazole rings is 1. The van der Waals surface area contributed by atoms with E-state index in [2.05, 4.69) is 14.9 Å². The van der Waals surface area contributed by atoms with Gasteiger partial charge in [0, 0.05) is 18.7 Å². The summed E-state index contributed by atoms with van der Waals surface area (Å²) in [6.07, 6.45) is 0. The second kappa shape index (κ2) is 5.82. The van der Waals surface area contributed by atoms with E-state index >= 15 is 0 Å². The maximum absolute atomic E-state index is 13.1. The highest BCUT2D eigenvalue weighted by atomic mass is 32.1. The highest BCUT2D eigenvalue weighted by Gasteiger charge is 2.20. The van der Waals surface area contributed by atoms with Gasteiger partial charge in [0.05, 0.1) is 13.2 Å². The molecule has 0 spiro atoms. The molecule has 3 heterocycles. The molecular formula is C16H15FN4OS. The number of benzene rings is 1. The van der Waals surface area contributed by atoms with Gasteiger partial charge in [-0.05, 0) is 31.2 Å². The summed E-state index contributed by atoms with van der Waals surface area (Å²) in [5.41, 5.74) is 1.70. The summed E-state index contributed by atoms with van der Waals surface area (Å²) in [6.45, 7) is 4.88. The maximum Gasteiger partial charge on any atom is 0.160 e. The van der Waals surface area contributed by atoms with Gasteiger partial charge in [0.15, 0.2) is 5.82 Å². The Hall–Kier alpha value is -2.12. The van der Waals surface area contributed by atoms with Crippen LogP contribution in [0.5, 0.6) is 0 Å². The number of hydrogen-bond acceptors (Lipinski definition) is 6. The van der Waals surface area contributed by atoms with Gasteiger partial charge in [-0.3, -0.25) is 0 Å². The molecule has 0 unspecified atom stereocenters. The summed E-state index contributed by atoms with van der Waals surface area (Å²) < 4.78 is 18.5. The van der Waals surface area contributed by atoms with Crippen molar-refractivity contribution in [2.45, 2.75) is 6.92 Å². The molecule has 118 valence electrons. The van der Waals surface area contributed by atoms with Gasteiger partial charge in [0.25, 0.3) is 0 Å². The molecule has 23 heavy (non-hydrogen) atoms. The van der Waals surface area contributed by atoms with Crippen molar-refractivity contribution in [3.05, 3.63) is 35.9 Å². The first-order valence-electron chi connectivity index (χ1n) is 7.44. The van der Waals surface area contributed by atoms with Crippen molar-refractivity contribution < 1.29 is 9.13 Å². The molecule has 0 aliphatic carbocycles. The molecule has 1 aromatic carbocycles. The first kappa shape index (κ1) is 14.5. The van der Waals surface area contributed by atoms with E-state index in [1.54, 1.807) is 12.1 Å². The third-order valence-electron chi connectivity index (χ3n) is 3.75. The summed E-state index contributed by atoms with van der Waals surface area (Å²) in [5.74, 6) is 1.34. The van der Waals surface area contributed by atoms with Crippen LogP contribution >= 0.6 is 11.3 Å². The van der Waals surface area contributed by atoms with Crippen molar-refractivity contribution in [3.8, 4) is 10.6 Å². The number of rotatable bonds is 2. The lowest BCUT2D eigenvalue weighted by Gasteiger charge is -2.27. The normalized spacial score (nSPS) is 15.3. The Kier molecular flexibility index (Phi) is 3.66. The number of nitrogens with zero attached hydrogens (tertiary/aromatic N) is 4. The molecule has 1 aliphatic rings. The standard InChI is InChI=1S/C16H15FN4OS/c1-10-18-14(21-6-8-22-9-7-21)13-16(19-10)23-15(20-13)11-2-4-12(17)5-3-11/h2-5H,6-9H2,1H3. The second-order valence-electron chi connectivity index (χ2n) is 5.37. The first-order valence-corrected chi connectivity index (χ1v) is 8.26. The summed E-state index contributed by atoms with van der Waals surface area (Å²) >= 11 is 1.51. The van der Waals surface area contributed by atoms with Crippen molar-refractivity contribution in [1.82, 2.24) is 15.0 Å². The minimum absolute atomic E-state index is 0.250. The van der Waals surface area contributed by atoms with E-state index in [-0.39, 0.29) is 5.82 Å². The lowest BCUT2D eigenvalue weighted by Crippen LogP contribution is -2.37. The third kappa shape index (κ3) is 2.77. The van der Waals surface area contributed by atoms with Crippen molar-refractivity contribution in [2.75, 3.05) is 31.2 Å². The van der Waals surface area contributed by atoms with E-state index in [0.29, 0.717) is 13.2 Å². The molecule has 2 aromatic heterocycles. The average molecular weight is 330 g/mol. The monoisotopic (exact) mass is 330 g/mol. The Labute approximate surface area is 136 Å². The van der Waals surface area contributed by atoms with Crippen LogP contribution in [0.15, 0.2) is 24.3 Å². The molecule has 0 radical (unpaired) electrons. The van der Waals surface area contributed by atoms with Crippen LogP contribution in [0.25, 0.3) is 20.9 Å². The predicted molar refractivity (Wildman–Crippen MR) is 88.4 cm³/mol. The van der Waals surface area contributed by atoms with Gasteiger partial charge in [0.2, 0.25) is 0 Å². The lowest BCUT2D eigenvalue weighted by molar-refractivity contribution is 0.122. The smallest absolute Gasteiger partial charge is 0.160 e. The Morgan fingerprint density at radius 3 is 2.57 bits per heavy atom. The third-order valence-corrected chi connectivity index (χ3v) is 4.75. The molecule has 5 nitrogen and oxygen atoms in total. The highest BCUT2D eigenvalue weighted by Crippen LogP contribution is 2.33. The van der Waals surface area contributed by atoms with E-state index in [1.807, 2.05) is 6.92 Å². The van der Waals surface area contributed by atoms with E-state index < -0.39 is 0 Å². The Morgan fingerprint density at radius 1 is 1.09 bits per heavy atom. The molecule has 0 saturated carbocycles. The summed E-state index contributed by atoms with van der Waals surface area (Å²) in [4.78, 5) is 16.9. The molecule has 1 saturated heterocycles. The second-order valence-corrected chi connectivity index (χ2v) is 6.35. The molecule has 1 aliphatic heterocycles. The van der Waals surface area contributed by atoms with Crippen LogP contribution < -0.4 is 4.90 Å². The van der Waals surface area contributed by atoms with Crippen LogP contribution in [-0.4, -0.2) is 41.3 Å². The van der Waals surface area contributed by atoms with Gasteiger partial charge >= 0.3 is 0 Å². The number of fused-ring (bicyclic) bond motifs is 1. The van der Waals surface area contributed by atoms with Gasteiger partial charge in [-0.15, -0.1) is 0 Å². The number of aromatic nitrogens is 3. The number of ether oxygens (including phenoxy) is 1. The van der Waals surface area contributed by atoms with Gasteiger partial charge in [-0.2, -0.15) is 0 Å². The van der Waals surface area contributed by atoms with Crippen molar-refractivity contribution >= 4 is 27.5 Å². The number of anilines is 1. The zero-order chi connectivity index (χ0) is 15.8. The molecule has 4 rings (SSSR count). The van der Waals surface area contributed by atoms with Crippen molar-refractivity contribution in [1.29, 1.82) is 0 Å². The summed E-state index contributed by atoms with van der Waals surface area (Å²) in [5, 5.41) is 0.828. The van der Waals surface area contributed by atoms with Crippen LogP contribution in [-0.2, 0) is 4.74 Å². The molecule has 7 heteroatoms. The van der Waals surface area contributed by atoms with Crippen LogP contribution in [0.4, 0.5) is 10.2 Å². The number of hydrogen-bond donors (Lipinski definition) is 0. The van der Waals surface area contributed by atoms with Crippen molar-refractivity contribution in [3.63, 3.8) is 0 Å². The fourth-order valence-electron chi connectivity index (χ4n) is 2.62. The Bertz CT molecular complexity index is 843. The predicted octanol–water partition coefficient (Wildman–Crippen LogP) is 3.04. The summed E-state index contributed by atoms with van der Waals surface area (Å²) in [7, 11) is 0. The maximum atomic E-state index is 13.1. The zero-order valence-electron chi connectivity index (χ0n) is 12.6. The SMILES string of the molecule is Cc1nc(N2CCOCC2)c2nc(-c3ccc(F)cc3)sc2n1. The quantitative estimate of drug-likeness (QED) is 0.723. The minimum atomic E-state index is -0.250. The molecule has 1 fully saturated rings. The molecule has 3 aromatic rings. The molecule has 0 N–H and O–H groups in total. The molecule has 0 atom stereocenters. The zero-order valence-corrected chi connectivity index (χ0v) is 13.4. The lowest BCUT2D eigenvalue weighted by atomic mass is 10.2. The topological polar surface area (TPSA) is 51.1 Å². The minimum Gasteiger partial charge on any atom is -0.378 e. The van der Waals surface area contributed by atoms with E-state index in [4.69, 9.17) is 9.72 Å². The molecule has 0 amide bonds. The first-order chi connectivity index (χ1) is 11.2. The number of halogens is 1. The fraction of sp³-hybridized carbons (Fsp3) is 0.312. The molecular weight excluding hydrogens is 315 g/mol. The van der Waals surface area contributed by atoms with E-state index in [9.17, 15) is 4.39 Å². The summed E-state index contributed by atoms with van der Waals surface area (Å²) in [6, 6.07) is 6.37. The van der Waals surface area contributed by atoms with Gasteiger partial charge in [-0.25, -0.2) is 19.3 Å².